The molecule has 6 nitrogen and oxygen atoms in total. The maximum atomic E-state index is 13.5. The van der Waals surface area contributed by atoms with Crippen LogP contribution in [-0.4, -0.2) is 60.1 Å². The number of para-hydroxylation sites is 1. The topological polar surface area (TPSA) is 58.8 Å². The average molecular weight is 408 g/mol. The summed E-state index contributed by atoms with van der Waals surface area (Å²) < 4.78 is 11.5. The number of nitrogens with zero attached hydrogens (tertiary/aromatic N) is 3. The van der Waals surface area contributed by atoms with Crippen LogP contribution in [0.2, 0.25) is 0 Å². The van der Waals surface area contributed by atoms with E-state index in [1.165, 1.54) is 0 Å². The van der Waals surface area contributed by atoms with Crippen LogP contribution in [0.4, 0.5) is 0 Å². The highest BCUT2D eigenvalue weighted by Gasteiger charge is 2.24. The first kappa shape index (κ1) is 20.6. The molecule has 0 bridgehead atoms. The number of amides is 1. The summed E-state index contributed by atoms with van der Waals surface area (Å²) in [6.45, 7) is 9.65. The Morgan fingerprint density at radius 2 is 1.90 bits per heavy atom. The van der Waals surface area contributed by atoms with Crippen molar-refractivity contribution in [1.82, 2.24) is 14.8 Å². The van der Waals surface area contributed by atoms with Crippen LogP contribution in [-0.2, 0) is 11.3 Å². The van der Waals surface area contributed by atoms with Gasteiger partial charge in [-0.1, -0.05) is 18.2 Å². The van der Waals surface area contributed by atoms with Gasteiger partial charge in [-0.2, -0.15) is 0 Å². The predicted octanol–water partition coefficient (Wildman–Crippen LogP) is 3.81. The molecule has 1 aliphatic heterocycles. The second-order valence-corrected chi connectivity index (χ2v) is 7.90. The number of ether oxygens (including phenoxy) is 1. The summed E-state index contributed by atoms with van der Waals surface area (Å²) in [5, 5.41) is 1.01. The summed E-state index contributed by atoms with van der Waals surface area (Å²) in [6, 6.07) is 9.95. The quantitative estimate of drug-likeness (QED) is 0.596. The van der Waals surface area contributed by atoms with Crippen LogP contribution >= 0.6 is 0 Å². The zero-order valence-electron chi connectivity index (χ0n) is 17.8. The third-order valence-electron chi connectivity index (χ3n) is 5.77. The van der Waals surface area contributed by atoms with E-state index in [0.717, 1.165) is 66.9 Å². The molecular formula is C24H29N3O3. The van der Waals surface area contributed by atoms with Gasteiger partial charge in [-0.3, -0.25) is 14.7 Å². The molecule has 0 aliphatic carbocycles. The van der Waals surface area contributed by atoms with E-state index in [1.807, 2.05) is 49.1 Å². The third-order valence-corrected chi connectivity index (χ3v) is 5.77. The van der Waals surface area contributed by atoms with Crippen LogP contribution in [0, 0.1) is 13.8 Å². The molecular weight excluding hydrogens is 378 g/mol. The number of carbonyl (C=O) groups is 1. The van der Waals surface area contributed by atoms with Crippen molar-refractivity contribution in [2.75, 3.05) is 39.4 Å². The molecule has 1 aromatic carbocycles. The Morgan fingerprint density at radius 1 is 1.13 bits per heavy atom. The molecule has 0 radical (unpaired) electrons. The third kappa shape index (κ3) is 4.55. The number of aryl methyl sites for hydroxylation is 2. The summed E-state index contributed by atoms with van der Waals surface area (Å²) in [7, 11) is 0. The SMILES string of the molecule is Cc1c(C(=O)N(CCCN2CCOCC2)Cc2ccncc2)oc2c(C)cccc12. The van der Waals surface area contributed by atoms with Gasteiger partial charge in [0.1, 0.15) is 5.58 Å². The number of hydrogen-bond acceptors (Lipinski definition) is 5. The number of hydrogen-bond donors (Lipinski definition) is 0. The predicted molar refractivity (Wildman–Crippen MR) is 117 cm³/mol. The van der Waals surface area contributed by atoms with Crippen LogP contribution in [0.5, 0.6) is 0 Å². The number of benzene rings is 1. The Hall–Kier alpha value is -2.70. The number of morpholine rings is 1. The van der Waals surface area contributed by atoms with Gasteiger partial charge in [-0.05, 0) is 43.5 Å². The van der Waals surface area contributed by atoms with Crippen LogP contribution in [0.25, 0.3) is 11.0 Å². The monoisotopic (exact) mass is 407 g/mol. The smallest absolute Gasteiger partial charge is 0.290 e. The molecule has 1 fully saturated rings. The molecule has 0 N–H and O–H groups in total. The first-order valence-electron chi connectivity index (χ1n) is 10.6. The highest BCUT2D eigenvalue weighted by atomic mass is 16.5. The standard InChI is InChI=1S/C24H29N3O3/c1-18-5-3-6-21-19(2)23(30-22(18)21)24(28)27(17-20-7-9-25-10-8-20)12-4-11-26-13-15-29-16-14-26/h3,5-10H,4,11-17H2,1-2H3. The summed E-state index contributed by atoms with van der Waals surface area (Å²) >= 11 is 0. The van der Waals surface area contributed by atoms with Crippen molar-refractivity contribution in [3.8, 4) is 0 Å². The number of aromatic nitrogens is 1. The van der Waals surface area contributed by atoms with Gasteiger partial charge in [-0.15, -0.1) is 0 Å². The summed E-state index contributed by atoms with van der Waals surface area (Å²) in [6.07, 6.45) is 4.44. The number of carbonyl (C=O) groups excluding carboxylic acids is 1. The van der Waals surface area contributed by atoms with Crippen molar-refractivity contribution < 1.29 is 13.9 Å². The highest BCUT2D eigenvalue weighted by molar-refractivity contribution is 5.99. The van der Waals surface area contributed by atoms with Crippen molar-refractivity contribution in [2.24, 2.45) is 0 Å². The minimum atomic E-state index is -0.0538. The van der Waals surface area contributed by atoms with Gasteiger partial charge in [0, 0.05) is 56.1 Å². The summed E-state index contributed by atoms with van der Waals surface area (Å²) in [5.74, 6) is 0.390. The Balaban J connectivity index is 1.54. The van der Waals surface area contributed by atoms with Crippen LogP contribution in [0.3, 0.4) is 0 Å². The van der Waals surface area contributed by atoms with Gasteiger partial charge in [0.15, 0.2) is 5.76 Å². The fraction of sp³-hybridized carbons (Fsp3) is 0.417. The van der Waals surface area contributed by atoms with Gasteiger partial charge in [0.05, 0.1) is 13.2 Å². The van der Waals surface area contributed by atoms with Crippen molar-refractivity contribution >= 4 is 16.9 Å². The molecule has 4 rings (SSSR count). The number of fused-ring (bicyclic) bond motifs is 1. The molecule has 1 saturated heterocycles. The first-order chi connectivity index (χ1) is 14.6. The minimum absolute atomic E-state index is 0.0538. The summed E-state index contributed by atoms with van der Waals surface area (Å²) in [5.41, 5.74) is 3.82. The lowest BCUT2D eigenvalue weighted by atomic mass is 10.1. The maximum Gasteiger partial charge on any atom is 0.290 e. The lowest BCUT2D eigenvalue weighted by molar-refractivity contribution is 0.0354. The Bertz CT molecular complexity index is 994. The first-order valence-corrected chi connectivity index (χ1v) is 10.6. The molecule has 30 heavy (non-hydrogen) atoms. The molecule has 3 aromatic rings. The molecule has 158 valence electrons. The van der Waals surface area contributed by atoms with Gasteiger partial charge < -0.3 is 14.1 Å². The van der Waals surface area contributed by atoms with E-state index >= 15 is 0 Å². The fourth-order valence-electron chi connectivity index (χ4n) is 4.00. The minimum Gasteiger partial charge on any atom is -0.450 e. The van der Waals surface area contributed by atoms with E-state index < -0.39 is 0 Å². The second-order valence-electron chi connectivity index (χ2n) is 7.90. The molecule has 0 spiro atoms. The normalized spacial score (nSPS) is 14.9. The number of furan rings is 1. The largest absolute Gasteiger partial charge is 0.450 e. The van der Waals surface area contributed by atoms with Crippen molar-refractivity contribution in [3.05, 3.63) is 65.2 Å². The molecule has 3 heterocycles. The van der Waals surface area contributed by atoms with Gasteiger partial charge in [0.25, 0.3) is 5.91 Å². The van der Waals surface area contributed by atoms with E-state index in [2.05, 4.69) is 9.88 Å². The van der Waals surface area contributed by atoms with Crippen molar-refractivity contribution in [1.29, 1.82) is 0 Å². The van der Waals surface area contributed by atoms with E-state index in [1.54, 1.807) is 12.4 Å². The van der Waals surface area contributed by atoms with E-state index in [-0.39, 0.29) is 5.91 Å². The maximum absolute atomic E-state index is 13.5. The Morgan fingerprint density at radius 3 is 2.63 bits per heavy atom. The zero-order chi connectivity index (χ0) is 20.9. The van der Waals surface area contributed by atoms with Gasteiger partial charge in [-0.25, -0.2) is 0 Å². The summed E-state index contributed by atoms with van der Waals surface area (Å²) in [4.78, 5) is 21.9. The van der Waals surface area contributed by atoms with Gasteiger partial charge >= 0.3 is 0 Å². The highest BCUT2D eigenvalue weighted by Crippen LogP contribution is 2.29. The zero-order valence-corrected chi connectivity index (χ0v) is 17.8. The average Bonchev–Trinajstić information content (AvgIpc) is 3.12. The molecule has 6 heteroatoms. The lowest BCUT2D eigenvalue weighted by Crippen LogP contribution is -2.39. The molecule has 0 atom stereocenters. The Labute approximate surface area is 177 Å². The van der Waals surface area contributed by atoms with Crippen LogP contribution in [0.1, 0.15) is 33.7 Å². The van der Waals surface area contributed by atoms with E-state index in [0.29, 0.717) is 18.8 Å². The second kappa shape index (κ2) is 9.41. The fourth-order valence-corrected chi connectivity index (χ4v) is 4.00. The molecule has 1 amide bonds. The van der Waals surface area contributed by atoms with E-state index in [4.69, 9.17) is 9.15 Å². The van der Waals surface area contributed by atoms with Gasteiger partial charge in [0.2, 0.25) is 0 Å². The van der Waals surface area contributed by atoms with Crippen molar-refractivity contribution in [2.45, 2.75) is 26.8 Å². The number of pyridine rings is 1. The lowest BCUT2D eigenvalue weighted by Gasteiger charge is -2.28. The van der Waals surface area contributed by atoms with Crippen molar-refractivity contribution in [3.63, 3.8) is 0 Å². The molecule has 2 aromatic heterocycles. The Kier molecular flexibility index (Phi) is 6.45. The van der Waals surface area contributed by atoms with E-state index in [9.17, 15) is 4.79 Å². The molecule has 0 unspecified atom stereocenters. The molecule has 1 aliphatic rings. The number of rotatable bonds is 7. The van der Waals surface area contributed by atoms with Crippen LogP contribution in [0.15, 0.2) is 47.1 Å². The molecule has 0 saturated carbocycles. The van der Waals surface area contributed by atoms with Crippen LogP contribution < -0.4 is 0 Å².